The SMILES string of the molecule is CCCCCCCC(=O)N[C@H](Nc1cccc2ccccc12)C(Cl)(Cl)Cl. The minimum atomic E-state index is -1.67. The number of unbranched alkanes of at least 4 members (excludes halogenated alkanes) is 4. The Morgan fingerprint density at radius 2 is 1.69 bits per heavy atom. The van der Waals surface area contributed by atoms with Crippen molar-refractivity contribution in [2.24, 2.45) is 0 Å². The van der Waals surface area contributed by atoms with Crippen molar-refractivity contribution in [3.8, 4) is 0 Å². The van der Waals surface area contributed by atoms with Crippen molar-refractivity contribution in [1.29, 1.82) is 0 Å². The molecule has 0 spiro atoms. The first kappa shape index (κ1) is 21.1. The van der Waals surface area contributed by atoms with Crippen LogP contribution >= 0.6 is 34.8 Å². The van der Waals surface area contributed by atoms with Gasteiger partial charge in [-0.05, 0) is 17.9 Å². The first-order valence-electron chi connectivity index (χ1n) is 9.02. The molecule has 2 N–H and O–H groups in total. The average Bonchev–Trinajstić information content (AvgIpc) is 2.60. The van der Waals surface area contributed by atoms with Gasteiger partial charge in [0, 0.05) is 17.5 Å². The predicted octanol–water partition coefficient (Wildman–Crippen LogP) is 6.42. The molecule has 2 aromatic carbocycles. The van der Waals surface area contributed by atoms with Crippen molar-refractivity contribution >= 4 is 57.2 Å². The lowest BCUT2D eigenvalue weighted by molar-refractivity contribution is -0.121. The lowest BCUT2D eigenvalue weighted by atomic mass is 10.1. The number of nitrogens with one attached hydrogen (secondary N) is 2. The van der Waals surface area contributed by atoms with Gasteiger partial charge in [0.1, 0.15) is 6.17 Å². The van der Waals surface area contributed by atoms with Crippen molar-refractivity contribution in [2.75, 3.05) is 5.32 Å². The Kier molecular flexibility index (Phi) is 8.33. The summed E-state index contributed by atoms with van der Waals surface area (Å²) in [7, 11) is 0. The van der Waals surface area contributed by atoms with Crippen LogP contribution in [0.4, 0.5) is 5.69 Å². The third-order valence-corrected chi connectivity index (χ3v) is 4.88. The minimum absolute atomic E-state index is 0.120. The molecule has 0 aliphatic rings. The summed E-state index contributed by atoms with van der Waals surface area (Å²) in [6.45, 7) is 2.16. The number of halogens is 3. The molecule has 0 aliphatic carbocycles. The van der Waals surface area contributed by atoms with Crippen molar-refractivity contribution in [3.63, 3.8) is 0 Å². The lowest BCUT2D eigenvalue weighted by Gasteiger charge is -2.28. The molecule has 26 heavy (non-hydrogen) atoms. The molecule has 0 bridgehead atoms. The molecule has 0 aliphatic heterocycles. The molecule has 2 rings (SSSR count). The molecular weight excluding hydrogens is 391 g/mol. The molecule has 1 atom stereocenters. The Hall–Kier alpha value is -1.16. The van der Waals surface area contributed by atoms with E-state index in [2.05, 4.69) is 17.6 Å². The number of fused-ring (bicyclic) bond motifs is 1. The highest BCUT2D eigenvalue weighted by molar-refractivity contribution is 6.68. The van der Waals surface area contributed by atoms with E-state index in [4.69, 9.17) is 34.8 Å². The zero-order chi connectivity index (χ0) is 19.0. The third kappa shape index (κ3) is 6.53. The Bertz CT molecular complexity index is 710. The normalized spacial score (nSPS) is 12.8. The number of rotatable bonds is 9. The molecule has 0 aromatic heterocycles. The molecule has 6 heteroatoms. The molecule has 0 saturated heterocycles. The van der Waals surface area contributed by atoms with Crippen LogP contribution in [-0.2, 0) is 4.79 Å². The number of hydrogen-bond donors (Lipinski definition) is 2. The molecular formula is C20H25Cl3N2O. The van der Waals surface area contributed by atoms with Gasteiger partial charge in [-0.25, -0.2) is 0 Å². The summed E-state index contributed by atoms with van der Waals surface area (Å²) >= 11 is 18.3. The molecule has 0 radical (unpaired) electrons. The van der Waals surface area contributed by atoms with E-state index >= 15 is 0 Å². The number of benzene rings is 2. The van der Waals surface area contributed by atoms with Crippen molar-refractivity contribution in [1.82, 2.24) is 5.32 Å². The largest absolute Gasteiger partial charge is 0.361 e. The van der Waals surface area contributed by atoms with Crippen LogP contribution in [0.1, 0.15) is 45.4 Å². The van der Waals surface area contributed by atoms with Crippen molar-refractivity contribution in [3.05, 3.63) is 42.5 Å². The van der Waals surface area contributed by atoms with Crippen LogP contribution in [0.25, 0.3) is 10.8 Å². The van der Waals surface area contributed by atoms with Gasteiger partial charge in [-0.3, -0.25) is 4.79 Å². The van der Waals surface area contributed by atoms with Crippen molar-refractivity contribution in [2.45, 2.75) is 55.4 Å². The molecule has 1 amide bonds. The summed E-state index contributed by atoms with van der Waals surface area (Å²) in [6, 6.07) is 13.8. The maximum Gasteiger partial charge on any atom is 0.228 e. The fourth-order valence-electron chi connectivity index (χ4n) is 2.83. The summed E-state index contributed by atoms with van der Waals surface area (Å²) in [4.78, 5) is 12.3. The van der Waals surface area contributed by atoms with Gasteiger partial charge in [0.2, 0.25) is 9.70 Å². The van der Waals surface area contributed by atoms with Gasteiger partial charge >= 0.3 is 0 Å². The maximum atomic E-state index is 12.3. The standard InChI is InChI=1S/C20H25Cl3N2O/c1-2-3-4-5-6-14-18(26)25-19(20(21,22)23)24-17-13-9-11-15-10-7-8-12-16(15)17/h7-13,19,24H,2-6,14H2,1H3,(H,25,26)/t19-/m0/s1. The van der Waals surface area contributed by atoms with Crippen LogP contribution in [0.5, 0.6) is 0 Å². The zero-order valence-corrected chi connectivity index (χ0v) is 17.2. The van der Waals surface area contributed by atoms with Crippen LogP contribution < -0.4 is 10.6 Å². The smallest absolute Gasteiger partial charge is 0.228 e. The van der Waals surface area contributed by atoms with E-state index in [1.54, 1.807) is 0 Å². The van der Waals surface area contributed by atoms with E-state index < -0.39 is 9.96 Å². The van der Waals surface area contributed by atoms with Gasteiger partial charge in [-0.2, -0.15) is 0 Å². The highest BCUT2D eigenvalue weighted by Gasteiger charge is 2.34. The average molecular weight is 416 g/mol. The molecule has 0 fully saturated rings. The second-order valence-electron chi connectivity index (χ2n) is 6.38. The number of carbonyl (C=O) groups excluding carboxylic acids is 1. The highest BCUT2D eigenvalue weighted by atomic mass is 35.6. The zero-order valence-electron chi connectivity index (χ0n) is 14.9. The Labute approximate surface area is 170 Å². The van der Waals surface area contributed by atoms with Crippen LogP contribution in [0.15, 0.2) is 42.5 Å². The third-order valence-electron chi connectivity index (χ3n) is 4.23. The number of hydrogen-bond acceptors (Lipinski definition) is 2. The topological polar surface area (TPSA) is 41.1 Å². The Morgan fingerprint density at radius 1 is 1.00 bits per heavy atom. The van der Waals surface area contributed by atoms with Crippen LogP contribution in [0.2, 0.25) is 0 Å². The minimum Gasteiger partial charge on any atom is -0.361 e. The predicted molar refractivity (Wildman–Crippen MR) is 113 cm³/mol. The number of amides is 1. The molecule has 0 saturated carbocycles. The summed E-state index contributed by atoms with van der Waals surface area (Å²) in [5, 5.41) is 8.07. The maximum absolute atomic E-state index is 12.3. The van der Waals surface area contributed by atoms with Gasteiger partial charge in [0.25, 0.3) is 0 Å². The molecule has 0 unspecified atom stereocenters. The van der Waals surface area contributed by atoms with Gasteiger partial charge in [0.05, 0.1) is 0 Å². The van der Waals surface area contributed by atoms with E-state index in [1.165, 1.54) is 12.8 Å². The monoisotopic (exact) mass is 414 g/mol. The lowest BCUT2D eigenvalue weighted by Crippen LogP contribution is -2.49. The van der Waals surface area contributed by atoms with E-state index in [9.17, 15) is 4.79 Å². The van der Waals surface area contributed by atoms with E-state index in [1.807, 2.05) is 42.5 Å². The van der Waals surface area contributed by atoms with E-state index in [-0.39, 0.29) is 5.91 Å². The van der Waals surface area contributed by atoms with Gasteiger partial charge < -0.3 is 10.6 Å². The van der Waals surface area contributed by atoms with Gasteiger partial charge in [0.15, 0.2) is 0 Å². The summed E-state index contributed by atoms with van der Waals surface area (Å²) in [6.07, 6.45) is 5.01. The van der Waals surface area contributed by atoms with E-state index in [0.717, 1.165) is 35.7 Å². The number of carbonyl (C=O) groups is 1. The molecule has 0 heterocycles. The quantitative estimate of drug-likeness (QED) is 0.282. The highest BCUT2D eigenvalue weighted by Crippen LogP contribution is 2.33. The van der Waals surface area contributed by atoms with Crippen molar-refractivity contribution < 1.29 is 4.79 Å². The number of alkyl halides is 3. The van der Waals surface area contributed by atoms with Crippen LogP contribution in [-0.4, -0.2) is 15.9 Å². The Morgan fingerprint density at radius 3 is 2.42 bits per heavy atom. The number of anilines is 1. The summed E-state index contributed by atoms with van der Waals surface area (Å²) < 4.78 is -1.67. The van der Waals surface area contributed by atoms with Gasteiger partial charge in [-0.1, -0.05) is 104 Å². The second-order valence-corrected chi connectivity index (χ2v) is 8.75. The Balaban J connectivity index is 2.02. The fourth-order valence-corrected chi connectivity index (χ4v) is 3.16. The molecule has 3 nitrogen and oxygen atoms in total. The molecule has 142 valence electrons. The van der Waals surface area contributed by atoms with Crippen LogP contribution in [0, 0.1) is 0 Å². The summed E-state index contributed by atoms with van der Waals surface area (Å²) in [5.41, 5.74) is 0.808. The van der Waals surface area contributed by atoms with E-state index in [0.29, 0.717) is 6.42 Å². The summed E-state index contributed by atoms with van der Waals surface area (Å²) in [5.74, 6) is -0.120. The van der Waals surface area contributed by atoms with Crippen LogP contribution in [0.3, 0.4) is 0 Å². The second kappa shape index (κ2) is 10.2. The van der Waals surface area contributed by atoms with Gasteiger partial charge in [-0.15, -0.1) is 0 Å². The first-order chi connectivity index (χ1) is 12.4. The molecule has 2 aromatic rings. The first-order valence-corrected chi connectivity index (χ1v) is 10.2. The fraction of sp³-hybridized carbons (Fsp3) is 0.450.